The first kappa shape index (κ1) is 12.9. The number of rotatable bonds is 5. The monoisotopic (exact) mass is 248 g/mol. The summed E-state index contributed by atoms with van der Waals surface area (Å²) in [6.07, 6.45) is 5.91. The zero-order valence-corrected chi connectivity index (χ0v) is 10.9. The number of amides is 1. The van der Waals surface area contributed by atoms with Crippen LogP contribution in [0, 0.1) is 0 Å². The van der Waals surface area contributed by atoms with Gasteiger partial charge in [0.2, 0.25) is 5.91 Å². The van der Waals surface area contributed by atoms with E-state index in [1.807, 2.05) is 19.2 Å². The summed E-state index contributed by atoms with van der Waals surface area (Å²) >= 11 is 0. The van der Waals surface area contributed by atoms with Crippen LogP contribution in [0.5, 0.6) is 0 Å². The Balaban J connectivity index is 1.94. The third-order valence-electron chi connectivity index (χ3n) is 3.35. The number of carbonyl (C=O) groups excluding carboxylic acids is 2. The molecule has 0 radical (unpaired) electrons. The van der Waals surface area contributed by atoms with E-state index >= 15 is 0 Å². The van der Waals surface area contributed by atoms with Crippen molar-refractivity contribution in [2.24, 2.45) is 0 Å². The van der Waals surface area contributed by atoms with E-state index < -0.39 is 0 Å². The molecule has 0 spiro atoms. The van der Waals surface area contributed by atoms with Crippen molar-refractivity contribution >= 4 is 11.7 Å². The molecule has 0 saturated carbocycles. The van der Waals surface area contributed by atoms with E-state index in [4.69, 9.17) is 0 Å². The van der Waals surface area contributed by atoms with Crippen molar-refractivity contribution in [1.29, 1.82) is 0 Å². The van der Waals surface area contributed by atoms with Gasteiger partial charge in [-0.2, -0.15) is 0 Å². The first-order valence-corrected chi connectivity index (χ1v) is 6.70. The van der Waals surface area contributed by atoms with Gasteiger partial charge in [0.15, 0.2) is 5.78 Å². The molecule has 1 aromatic rings. The number of fused-ring (bicyclic) bond motifs is 1. The summed E-state index contributed by atoms with van der Waals surface area (Å²) in [5.41, 5.74) is 1.96. The van der Waals surface area contributed by atoms with Crippen molar-refractivity contribution < 1.29 is 9.59 Å². The van der Waals surface area contributed by atoms with Crippen LogP contribution in [-0.4, -0.2) is 22.8 Å². The Morgan fingerprint density at radius 2 is 2.28 bits per heavy atom. The Morgan fingerprint density at radius 3 is 3.06 bits per heavy atom. The van der Waals surface area contributed by atoms with Crippen LogP contribution >= 0.6 is 0 Å². The van der Waals surface area contributed by atoms with Crippen LogP contribution in [0.3, 0.4) is 0 Å². The van der Waals surface area contributed by atoms with Crippen LogP contribution in [0.15, 0.2) is 12.3 Å². The number of Topliss-reactive ketones (excluding diaryl/α,β-unsaturated/α-hetero) is 1. The summed E-state index contributed by atoms with van der Waals surface area (Å²) in [6.45, 7) is 3.44. The molecule has 1 aliphatic rings. The average Bonchev–Trinajstić information content (AvgIpc) is 2.78. The van der Waals surface area contributed by atoms with E-state index in [2.05, 4.69) is 9.88 Å². The molecule has 4 nitrogen and oxygen atoms in total. The van der Waals surface area contributed by atoms with E-state index in [-0.39, 0.29) is 11.7 Å². The summed E-state index contributed by atoms with van der Waals surface area (Å²) in [7, 11) is 0. The lowest BCUT2D eigenvalue weighted by molar-refractivity contribution is -0.121. The van der Waals surface area contributed by atoms with Crippen molar-refractivity contribution in [2.75, 3.05) is 6.54 Å². The van der Waals surface area contributed by atoms with Gasteiger partial charge in [-0.1, -0.05) is 6.92 Å². The Bertz CT molecular complexity index is 449. The van der Waals surface area contributed by atoms with Gasteiger partial charge in [0.1, 0.15) is 0 Å². The van der Waals surface area contributed by atoms with Crippen LogP contribution in [-0.2, 0) is 17.8 Å². The summed E-state index contributed by atoms with van der Waals surface area (Å²) < 4.78 is 2.05. The minimum absolute atomic E-state index is 0.0847. The maximum atomic E-state index is 11.7. The number of hydrogen-bond donors (Lipinski definition) is 1. The molecule has 98 valence electrons. The molecule has 0 fully saturated rings. The van der Waals surface area contributed by atoms with Crippen molar-refractivity contribution in [3.05, 3.63) is 23.5 Å². The standard InChI is InChI=1S/C14H20N2O2/c1-2-8-15-14(18)7-10-16-9-6-11-12(16)4-3-5-13(11)17/h6,9H,2-5,7-8,10H2,1H3,(H,15,18). The molecule has 1 heterocycles. The molecule has 18 heavy (non-hydrogen) atoms. The molecule has 0 bridgehead atoms. The van der Waals surface area contributed by atoms with Crippen LogP contribution in [0.25, 0.3) is 0 Å². The fourth-order valence-electron chi connectivity index (χ4n) is 2.37. The number of carbonyl (C=O) groups is 2. The lowest BCUT2D eigenvalue weighted by atomic mass is 9.97. The smallest absolute Gasteiger partial charge is 0.221 e. The quantitative estimate of drug-likeness (QED) is 0.865. The molecule has 0 aliphatic heterocycles. The predicted molar refractivity (Wildman–Crippen MR) is 69.6 cm³/mol. The van der Waals surface area contributed by atoms with Gasteiger partial charge in [0.25, 0.3) is 0 Å². The second-order valence-electron chi connectivity index (χ2n) is 4.75. The zero-order valence-electron chi connectivity index (χ0n) is 10.9. The van der Waals surface area contributed by atoms with E-state index in [0.717, 1.165) is 37.1 Å². The Morgan fingerprint density at radius 1 is 1.44 bits per heavy atom. The number of ketones is 1. The number of aryl methyl sites for hydroxylation is 1. The highest BCUT2D eigenvalue weighted by Gasteiger charge is 2.20. The fourth-order valence-corrected chi connectivity index (χ4v) is 2.37. The second-order valence-corrected chi connectivity index (χ2v) is 4.75. The summed E-state index contributed by atoms with van der Waals surface area (Å²) in [4.78, 5) is 23.2. The fraction of sp³-hybridized carbons (Fsp3) is 0.571. The third-order valence-corrected chi connectivity index (χ3v) is 3.35. The van der Waals surface area contributed by atoms with Gasteiger partial charge < -0.3 is 9.88 Å². The van der Waals surface area contributed by atoms with E-state index in [9.17, 15) is 9.59 Å². The maximum Gasteiger partial charge on any atom is 0.221 e. The zero-order chi connectivity index (χ0) is 13.0. The SMILES string of the molecule is CCCNC(=O)CCn1ccc2c1CCCC2=O. The number of nitrogens with zero attached hydrogens (tertiary/aromatic N) is 1. The van der Waals surface area contributed by atoms with Gasteiger partial charge >= 0.3 is 0 Å². The highest BCUT2D eigenvalue weighted by Crippen LogP contribution is 2.22. The molecule has 4 heteroatoms. The first-order valence-electron chi connectivity index (χ1n) is 6.70. The number of nitrogens with one attached hydrogen (secondary N) is 1. The van der Waals surface area contributed by atoms with Crippen LogP contribution in [0.2, 0.25) is 0 Å². The van der Waals surface area contributed by atoms with Crippen LogP contribution in [0.4, 0.5) is 0 Å². The number of hydrogen-bond acceptors (Lipinski definition) is 2. The van der Waals surface area contributed by atoms with Gasteiger partial charge in [0.05, 0.1) is 0 Å². The molecule has 1 amide bonds. The molecular formula is C14H20N2O2. The Kier molecular flexibility index (Phi) is 4.18. The molecule has 0 saturated heterocycles. The average molecular weight is 248 g/mol. The van der Waals surface area contributed by atoms with Crippen molar-refractivity contribution in [3.8, 4) is 0 Å². The first-order chi connectivity index (χ1) is 8.72. The summed E-state index contributed by atoms with van der Waals surface area (Å²) in [5, 5.41) is 2.86. The highest BCUT2D eigenvalue weighted by molar-refractivity contribution is 5.98. The lowest BCUT2D eigenvalue weighted by Gasteiger charge is -2.14. The Hall–Kier alpha value is -1.58. The van der Waals surface area contributed by atoms with Crippen LogP contribution in [0.1, 0.15) is 48.7 Å². The van der Waals surface area contributed by atoms with E-state index in [1.165, 1.54) is 0 Å². The third kappa shape index (κ3) is 2.81. The molecule has 1 aromatic heterocycles. The Labute approximate surface area is 107 Å². The highest BCUT2D eigenvalue weighted by atomic mass is 16.1. The van der Waals surface area contributed by atoms with Gasteiger partial charge in [-0.15, -0.1) is 0 Å². The minimum atomic E-state index is 0.0847. The van der Waals surface area contributed by atoms with Gasteiger partial charge in [0, 0.05) is 43.4 Å². The molecule has 0 unspecified atom stereocenters. The minimum Gasteiger partial charge on any atom is -0.356 e. The summed E-state index contributed by atoms with van der Waals surface area (Å²) in [6, 6.07) is 1.89. The second kappa shape index (κ2) is 5.85. The van der Waals surface area contributed by atoms with Gasteiger partial charge in [-0.25, -0.2) is 0 Å². The van der Waals surface area contributed by atoms with Gasteiger partial charge in [-0.05, 0) is 25.3 Å². The molecule has 1 aliphatic carbocycles. The van der Waals surface area contributed by atoms with E-state index in [1.54, 1.807) is 0 Å². The predicted octanol–water partition coefficient (Wildman–Crippen LogP) is 1.92. The largest absolute Gasteiger partial charge is 0.356 e. The van der Waals surface area contributed by atoms with Crippen LogP contribution < -0.4 is 5.32 Å². The maximum absolute atomic E-state index is 11.7. The van der Waals surface area contributed by atoms with Crippen molar-refractivity contribution in [2.45, 2.75) is 45.6 Å². The molecule has 0 aromatic carbocycles. The van der Waals surface area contributed by atoms with Crippen molar-refractivity contribution in [3.63, 3.8) is 0 Å². The molecule has 1 N–H and O–H groups in total. The van der Waals surface area contributed by atoms with Gasteiger partial charge in [-0.3, -0.25) is 9.59 Å². The normalized spacial score (nSPS) is 14.4. The summed E-state index contributed by atoms with van der Waals surface area (Å²) in [5.74, 6) is 0.326. The van der Waals surface area contributed by atoms with E-state index in [0.29, 0.717) is 19.4 Å². The van der Waals surface area contributed by atoms with Crippen molar-refractivity contribution in [1.82, 2.24) is 9.88 Å². The lowest BCUT2D eigenvalue weighted by Crippen LogP contribution is -2.25. The molecule has 2 rings (SSSR count). The molecule has 0 atom stereocenters. The number of aromatic nitrogens is 1. The topological polar surface area (TPSA) is 51.1 Å². The molecular weight excluding hydrogens is 228 g/mol.